The van der Waals surface area contributed by atoms with E-state index >= 15 is 0 Å². The van der Waals surface area contributed by atoms with E-state index in [1.54, 1.807) is 0 Å². The van der Waals surface area contributed by atoms with Gasteiger partial charge in [0.25, 0.3) is 0 Å². The van der Waals surface area contributed by atoms with Crippen molar-refractivity contribution in [2.24, 2.45) is 51.6 Å². The van der Waals surface area contributed by atoms with Gasteiger partial charge in [-0.05, 0) is 122 Å². The fourth-order valence-corrected chi connectivity index (χ4v) is 11.1. The normalized spacial score (nSPS) is 55.0. The lowest BCUT2D eigenvalue weighted by Crippen LogP contribution is -2.69. The standard InChI is InChI=1S/C26H45NS/c1-23(2)11-5-12-24(3)21(23)10-15-26(27)20-9-14-25(16-17-28)13-4-6-19(25)18(20)7-8-22(24)26/h18-22,28H,4-17,27H2,1-3H3. The minimum atomic E-state index is 0.136. The van der Waals surface area contributed by atoms with Crippen LogP contribution in [0.4, 0.5) is 0 Å². The van der Waals surface area contributed by atoms with Gasteiger partial charge in [-0.15, -0.1) is 0 Å². The minimum absolute atomic E-state index is 0.136. The molecule has 2 heteroatoms. The minimum Gasteiger partial charge on any atom is -0.325 e. The highest BCUT2D eigenvalue weighted by molar-refractivity contribution is 7.80. The van der Waals surface area contributed by atoms with E-state index in [0.717, 1.165) is 35.3 Å². The number of hydrogen-bond acceptors (Lipinski definition) is 2. The van der Waals surface area contributed by atoms with Crippen molar-refractivity contribution in [1.82, 2.24) is 0 Å². The van der Waals surface area contributed by atoms with Crippen LogP contribution in [-0.4, -0.2) is 11.3 Å². The van der Waals surface area contributed by atoms with Gasteiger partial charge in [-0.1, -0.05) is 33.6 Å². The summed E-state index contributed by atoms with van der Waals surface area (Å²) in [5.41, 5.74) is 9.37. The summed E-state index contributed by atoms with van der Waals surface area (Å²) in [5.74, 6) is 5.45. The SMILES string of the molecule is CC1(C)CCCC2(C)C1CCC1(N)C3CCC4(CCS)CCCC4C3CCC21. The van der Waals surface area contributed by atoms with Crippen LogP contribution >= 0.6 is 12.6 Å². The molecule has 0 aliphatic heterocycles. The van der Waals surface area contributed by atoms with Crippen molar-refractivity contribution in [1.29, 1.82) is 0 Å². The van der Waals surface area contributed by atoms with Gasteiger partial charge in [-0.2, -0.15) is 12.6 Å². The van der Waals surface area contributed by atoms with Gasteiger partial charge in [0.15, 0.2) is 0 Å². The predicted molar refractivity (Wildman–Crippen MR) is 123 cm³/mol. The number of rotatable bonds is 2. The maximum absolute atomic E-state index is 7.58. The molecule has 160 valence electrons. The van der Waals surface area contributed by atoms with Crippen molar-refractivity contribution in [3.63, 3.8) is 0 Å². The van der Waals surface area contributed by atoms with Crippen LogP contribution in [0.25, 0.3) is 0 Å². The zero-order valence-corrected chi connectivity index (χ0v) is 19.7. The molecule has 0 saturated heterocycles. The summed E-state index contributed by atoms with van der Waals surface area (Å²) in [6.07, 6.45) is 18.6. The molecule has 5 saturated carbocycles. The lowest BCUT2D eigenvalue weighted by atomic mass is 9.38. The first-order valence-corrected chi connectivity index (χ1v) is 13.3. The van der Waals surface area contributed by atoms with Gasteiger partial charge in [0, 0.05) is 5.54 Å². The average Bonchev–Trinajstić information content (AvgIpc) is 3.05. The smallest absolute Gasteiger partial charge is 0.0219 e. The number of thiol groups is 1. The van der Waals surface area contributed by atoms with Crippen LogP contribution in [0.2, 0.25) is 0 Å². The van der Waals surface area contributed by atoms with Crippen molar-refractivity contribution in [3.8, 4) is 0 Å². The second-order valence-corrected chi connectivity index (χ2v) is 13.3. The summed E-state index contributed by atoms with van der Waals surface area (Å²) >= 11 is 4.67. The largest absolute Gasteiger partial charge is 0.325 e. The molecule has 28 heavy (non-hydrogen) atoms. The summed E-state index contributed by atoms with van der Waals surface area (Å²) in [7, 11) is 0. The average molecular weight is 404 g/mol. The maximum Gasteiger partial charge on any atom is 0.0219 e. The van der Waals surface area contributed by atoms with E-state index in [9.17, 15) is 0 Å². The Morgan fingerprint density at radius 1 is 0.786 bits per heavy atom. The number of fused-ring (bicyclic) bond motifs is 7. The lowest BCUT2D eigenvalue weighted by molar-refractivity contribution is -0.164. The third-order valence-corrected chi connectivity index (χ3v) is 11.9. The summed E-state index contributed by atoms with van der Waals surface area (Å²) in [4.78, 5) is 0. The molecule has 2 N–H and O–H groups in total. The molecule has 0 aromatic rings. The highest BCUT2D eigenvalue weighted by atomic mass is 32.1. The molecule has 0 spiro atoms. The lowest BCUT2D eigenvalue weighted by Gasteiger charge is -2.68. The van der Waals surface area contributed by atoms with Crippen LogP contribution in [0.15, 0.2) is 0 Å². The Morgan fingerprint density at radius 2 is 1.61 bits per heavy atom. The molecule has 8 atom stereocenters. The number of hydrogen-bond donors (Lipinski definition) is 2. The van der Waals surface area contributed by atoms with Crippen molar-refractivity contribution in [2.75, 3.05) is 5.75 Å². The highest BCUT2D eigenvalue weighted by Gasteiger charge is 2.65. The fraction of sp³-hybridized carbons (Fsp3) is 1.00. The molecule has 8 unspecified atom stereocenters. The number of nitrogens with two attached hydrogens (primary N) is 1. The van der Waals surface area contributed by atoms with E-state index in [2.05, 4.69) is 33.4 Å². The summed E-state index contributed by atoms with van der Waals surface area (Å²) in [6, 6.07) is 0. The molecule has 0 bridgehead atoms. The van der Waals surface area contributed by atoms with Crippen LogP contribution in [-0.2, 0) is 0 Å². The first kappa shape index (κ1) is 20.2. The quantitative estimate of drug-likeness (QED) is 0.484. The van der Waals surface area contributed by atoms with Gasteiger partial charge in [0.1, 0.15) is 0 Å². The first-order chi connectivity index (χ1) is 13.3. The van der Waals surface area contributed by atoms with Crippen LogP contribution in [0.5, 0.6) is 0 Å². The second kappa shape index (κ2) is 6.65. The van der Waals surface area contributed by atoms with Crippen molar-refractivity contribution >= 4 is 12.6 Å². The Bertz CT molecular complexity index is 616. The van der Waals surface area contributed by atoms with Crippen molar-refractivity contribution < 1.29 is 0 Å². The van der Waals surface area contributed by atoms with E-state index in [1.807, 2.05) is 0 Å². The molecule has 1 nitrogen and oxygen atoms in total. The van der Waals surface area contributed by atoms with Gasteiger partial charge in [0.05, 0.1) is 0 Å². The zero-order chi connectivity index (χ0) is 19.8. The third kappa shape index (κ3) is 2.61. The molecule has 0 aromatic heterocycles. The molecule has 5 fully saturated rings. The third-order valence-electron chi connectivity index (χ3n) is 11.6. The molecule has 0 aromatic carbocycles. The second-order valence-electron chi connectivity index (χ2n) is 12.8. The summed E-state index contributed by atoms with van der Waals surface area (Å²) in [5, 5.41) is 0. The van der Waals surface area contributed by atoms with Crippen LogP contribution in [0.1, 0.15) is 104 Å². The van der Waals surface area contributed by atoms with Gasteiger partial charge < -0.3 is 5.73 Å². The van der Waals surface area contributed by atoms with E-state index in [0.29, 0.717) is 16.2 Å². The molecule has 5 aliphatic rings. The first-order valence-electron chi connectivity index (χ1n) is 12.7. The van der Waals surface area contributed by atoms with Crippen molar-refractivity contribution in [3.05, 3.63) is 0 Å². The molecule has 0 amide bonds. The van der Waals surface area contributed by atoms with Gasteiger partial charge in [0.2, 0.25) is 0 Å². The topological polar surface area (TPSA) is 26.0 Å². The summed E-state index contributed by atoms with van der Waals surface area (Å²) in [6.45, 7) is 7.80. The molecule has 5 rings (SSSR count). The van der Waals surface area contributed by atoms with Gasteiger partial charge >= 0.3 is 0 Å². The maximum atomic E-state index is 7.58. The Labute approximate surface area is 179 Å². The van der Waals surface area contributed by atoms with E-state index < -0.39 is 0 Å². The van der Waals surface area contributed by atoms with Crippen LogP contribution in [0.3, 0.4) is 0 Å². The Morgan fingerprint density at radius 3 is 2.39 bits per heavy atom. The Hall–Kier alpha value is 0.310. The fourth-order valence-electron chi connectivity index (χ4n) is 10.7. The monoisotopic (exact) mass is 403 g/mol. The molecule has 0 heterocycles. The Kier molecular flexibility index (Phi) is 4.81. The summed E-state index contributed by atoms with van der Waals surface area (Å²) < 4.78 is 0. The Balaban J connectivity index is 1.46. The molecule has 0 radical (unpaired) electrons. The highest BCUT2D eigenvalue weighted by Crippen LogP contribution is 2.70. The predicted octanol–water partition coefficient (Wildman–Crippen LogP) is 6.85. The van der Waals surface area contributed by atoms with Gasteiger partial charge in [-0.3, -0.25) is 0 Å². The zero-order valence-electron chi connectivity index (χ0n) is 18.8. The van der Waals surface area contributed by atoms with E-state index in [-0.39, 0.29) is 5.54 Å². The molecular weight excluding hydrogens is 358 g/mol. The molecular formula is C26H45NS. The van der Waals surface area contributed by atoms with E-state index in [4.69, 9.17) is 5.73 Å². The van der Waals surface area contributed by atoms with Crippen LogP contribution in [0, 0.1) is 45.8 Å². The van der Waals surface area contributed by atoms with Gasteiger partial charge in [-0.25, -0.2) is 0 Å². The molecule has 5 aliphatic carbocycles. The van der Waals surface area contributed by atoms with Crippen molar-refractivity contribution in [2.45, 2.75) is 110 Å². The van der Waals surface area contributed by atoms with E-state index in [1.165, 1.54) is 83.5 Å². The van der Waals surface area contributed by atoms with Crippen LogP contribution < -0.4 is 5.73 Å².